The summed E-state index contributed by atoms with van der Waals surface area (Å²) in [6.07, 6.45) is 0. The maximum absolute atomic E-state index is 13.6. The van der Waals surface area contributed by atoms with Crippen LogP contribution in [0.1, 0.15) is 17.2 Å². The SMILES string of the molecule is NC(c1ccccc1F)c1ccccc1I. The first-order valence-corrected chi connectivity index (χ1v) is 6.02. The van der Waals surface area contributed by atoms with Crippen LogP contribution in [0.3, 0.4) is 0 Å². The van der Waals surface area contributed by atoms with Crippen LogP contribution in [0.2, 0.25) is 0 Å². The molecule has 2 aromatic rings. The van der Waals surface area contributed by atoms with Crippen molar-refractivity contribution in [3.05, 3.63) is 69.0 Å². The molecule has 0 spiro atoms. The van der Waals surface area contributed by atoms with E-state index in [0.717, 1.165) is 9.13 Å². The van der Waals surface area contributed by atoms with E-state index in [2.05, 4.69) is 22.6 Å². The molecule has 1 nitrogen and oxygen atoms in total. The minimum atomic E-state index is -0.408. The lowest BCUT2D eigenvalue weighted by molar-refractivity contribution is 0.599. The quantitative estimate of drug-likeness (QED) is 0.840. The van der Waals surface area contributed by atoms with Crippen LogP contribution in [0.25, 0.3) is 0 Å². The van der Waals surface area contributed by atoms with E-state index in [1.807, 2.05) is 24.3 Å². The minimum Gasteiger partial charge on any atom is -0.320 e. The van der Waals surface area contributed by atoms with Gasteiger partial charge in [-0.05, 0) is 40.3 Å². The summed E-state index contributed by atoms with van der Waals surface area (Å²) < 4.78 is 14.6. The molecule has 2 rings (SSSR count). The molecule has 16 heavy (non-hydrogen) atoms. The van der Waals surface area contributed by atoms with Crippen LogP contribution < -0.4 is 5.73 Å². The first-order chi connectivity index (χ1) is 7.70. The second-order valence-corrected chi connectivity index (χ2v) is 4.68. The topological polar surface area (TPSA) is 26.0 Å². The Hall–Kier alpha value is -0.940. The average molecular weight is 327 g/mol. The van der Waals surface area contributed by atoms with Crippen molar-refractivity contribution in [1.29, 1.82) is 0 Å². The third-order valence-corrected chi connectivity index (χ3v) is 3.46. The molecule has 2 aromatic carbocycles. The van der Waals surface area contributed by atoms with Crippen molar-refractivity contribution in [3.8, 4) is 0 Å². The van der Waals surface area contributed by atoms with Crippen molar-refractivity contribution in [2.45, 2.75) is 6.04 Å². The van der Waals surface area contributed by atoms with Crippen molar-refractivity contribution in [2.24, 2.45) is 5.73 Å². The largest absolute Gasteiger partial charge is 0.320 e. The van der Waals surface area contributed by atoms with Gasteiger partial charge in [0, 0.05) is 9.13 Å². The van der Waals surface area contributed by atoms with Crippen molar-refractivity contribution in [3.63, 3.8) is 0 Å². The van der Waals surface area contributed by atoms with Gasteiger partial charge in [-0.3, -0.25) is 0 Å². The molecule has 3 heteroatoms. The first-order valence-electron chi connectivity index (χ1n) is 4.94. The molecule has 0 heterocycles. The molecule has 1 unspecified atom stereocenters. The normalized spacial score (nSPS) is 12.4. The zero-order valence-electron chi connectivity index (χ0n) is 8.53. The van der Waals surface area contributed by atoms with Gasteiger partial charge in [-0.15, -0.1) is 0 Å². The van der Waals surface area contributed by atoms with Gasteiger partial charge in [-0.25, -0.2) is 4.39 Å². The molecule has 0 saturated carbocycles. The third kappa shape index (κ3) is 2.25. The van der Waals surface area contributed by atoms with Crippen LogP contribution in [-0.2, 0) is 0 Å². The molecule has 82 valence electrons. The van der Waals surface area contributed by atoms with E-state index >= 15 is 0 Å². The first kappa shape index (κ1) is 11.5. The Bertz CT molecular complexity index is 453. The van der Waals surface area contributed by atoms with Crippen molar-refractivity contribution in [1.82, 2.24) is 0 Å². The number of rotatable bonds is 2. The number of hydrogen-bond donors (Lipinski definition) is 1. The van der Waals surface area contributed by atoms with Crippen molar-refractivity contribution >= 4 is 22.6 Å². The summed E-state index contributed by atoms with van der Waals surface area (Å²) in [5.74, 6) is -0.255. The fourth-order valence-corrected chi connectivity index (χ4v) is 2.35. The minimum absolute atomic E-state index is 0.255. The second-order valence-electron chi connectivity index (χ2n) is 3.52. The Morgan fingerprint density at radius 1 is 0.938 bits per heavy atom. The Labute approximate surface area is 108 Å². The van der Waals surface area contributed by atoms with Gasteiger partial charge in [-0.1, -0.05) is 36.4 Å². The Morgan fingerprint density at radius 2 is 1.50 bits per heavy atom. The van der Waals surface area contributed by atoms with Gasteiger partial charge >= 0.3 is 0 Å². The highest BCUT2D eigenvalue weighted by atomic mass is 127. The standard InChI is InChI=1S/C13H11FIN/c14-11-7-3-1-5-9(11)13(16)10-6-2-4-8-12(10)15/h1-8,13H,16H2. The van der Waals surface area contributed by atoms with Crippen molar-refractivity contribution in [2.75, 3.05) is 0 Å². The van der Waals surface area contributed by atoms with Gasteiger partial charge in [0.05, 0.1) is 6.04 Å². The fraction of sp³-hybridized carbons (Fsp3) is 0.0769. The van der Waals surface area contributed by atoms with Crippen LogP contribution in [0.15, 0.2) is 48.5 Å². The van der Waals surface area contributed by atoms with Crippen molar-refractivity contribution < 1.29 is 4.39 Å². The Balaban J connectivity index is 2.44. The monoisotopic (exact) mass is 327 g/mol. The van der Waals surface area contributed by atoms with Gasteiger partial charge in [0.1, 0.15) is 5.82 Å². The predicted molar refractivity (Wildman–Crippen MR) is 71.6 cm³/mol. The Kier molecular flexibility index (Phi) is 3.56. The highest BCUT2D eigenvalue weighted by Gasteiger charge is 2.14. The number of hydrogen-bond acceptors (Lipinski definition) is 1. The lowest BCUT2D eigenvalue weighted by atomic mass is 9.99. The molecule has 0 fully saturated rings. The fourth-order valence-electron chi connectivity index (χ4n) is 1.62. The number of halogens is 2. The summed E-state index contributed by atoms with van der Waals surface area (Å²) in [4.78, 5) is 0. The lowest BCUT2D eigenvalue weighted by Crippen LogP contribution is -2.14. The molecule has 1 atom stereocenters. The molecular weight excluding hydrogens is 316 g/mol. The van der Waals surface area contributed by atoms with Crippen LogP contribution in [-0.4, -0.2) is 0 Å². The summed E-state index contributed by atoms with van der Waals surface area (Å²) >= 11 is 2.21. The highest BCUT2D eigenvalue weighted by Crippen LogP contribution is 2.25. The molecule has 2 N–H and O–H groups in total. The molecule has 0 amide bonds. The molecule has 0 saturated heterocycles. The van der Waals surface area contributed by atoms with Crippen LogP contribution in [0.4, 0.5) is 4.39 Å². The molecular formula is C13H11FIN. The van der Waals surface area contributed by atoms with Gasteiger partial charge < -0.3 is 5.73 Å². The van der Waals surface area contributed by atoms with Crippen LogP contribution in [0.5, 0.6) is 0 Å². The maximum atomic E-state index is 13.6. The smallest absolute Gasteiger partial charge is 0.128 e. The highest BCUT2D eigenvalue weighted by molar-refractivity contribution is 14.1. The third-order valence-electron chi connectivity index (χ3n) is 2.48. The lowest BCUT2D eigenvalue weighted by Gasteiger charge is -2.14. The summed E-state index contributed by atoms with van der Waals surface area (Å²) in [7, 11) is 0. The second kappa shape index (κ2) is 4.93. The summed E-state index contributed by atoms with van der Waals surface area (Å²) in [6, 6.07) is 14.0. The van der Waals surface area contributed by atoms with E-state index in [-0.39, 0.29) is 5.82 Å². The summed E-state index contributed by atoms with van der Waals surface area (Å²) in [5, 5.41) is 0. The van der Waals surface area contributed by atoms with Gasteiger partial charge in [0.15, 0.2) is 0 Å². The van der Waals surface area contributed by atoms with E-state index < -0.39 is 6.04 Å². The summed E-state index contributed by atoms with van der Waals surface area (Å²) in [6.45, 7) is 0. The number of benzene rings is 2. The van der Waals surface area contributed by atoms with E-state index in [1.165, 1.54) is 6.07 Å². The summed E-state index contributed by atoms with van der Waals surface area (Å²) in [5.41, 5.74) is 7.56. The molecule has 0 bridgehead atoms. The Morgan fingerprint density at radius 3 is 2.12 bits per heavy atom. The van der Waals surface area contributed by atoms with Gasteiger partial charge in [0.25, 0.3) is 0 Å². The molecule has 0 aromatic heterocycles. The van der Waals surface area contributed by atoms with Gasteiger partial charge in [-0.2, -0.15) is 0 Å². The van der Waals surface area contributed by atoms with Crippen LogP contribution >= 0.6 is 22.6 Å². The number of nitrogens with two attached hydrogens (primary N) is 1. The zero-order chi connectivity index (χ0) is 11.5. The molecule has 0 aliphatic rings. The zero-order valence-corrected chi connectivity index (χ0v) is 10.7. The molecule has 0 radical (unpaired) electrons. The average Bonchev–Trinajstić information content (AvgIpc) is 2.29. The molecule has 0 aliphatic heterocycles. The van der Waals surface area contributed by atoms with Crippen LogP contribution in [0, 0.1) is 9.39 Å². The van der Waals surface area contributed by atoms with E-state index in [4.69, 9.17) is 5.73 Å². The maximum Gasteiger partial charge on any atom is 0.128 e. The van der Waals surface area contributed by atoms with Gasteiger partial charge in [0.2, 0.25) is 0 Å². The van der Waals surface area contributed by atoms with E-state index in [1.54, 1.807) is 18.2 Å². The molecule has 0 aliphatic carbocycles. The van der Waals surface area contributed by atoms with E-state index in [0.29, 0.717) is 5.56 Å². The van der Waals surface area contributed by atoms with E-state index in [9.17, 15) is 4.39 Å². The predicted octanol–water partition coefficient (Wildman–Crippen LogP) is 3.48.